The number of benzene rings is 2. The van der Waals surface area contributed by atoms with Gasteiger partial charge >= 0.3 is 0 Å². The van der Waals surface area contributed by atoms with Crippen molar-refractivity contribution >= 4 is 11.6 Å². The minimum atomic E-state index is -0.348. The van der Waals surface area contributed by atoms with Crippen molar-refractivity contribution < 1.29 is 9.18 Å². The van der Waals surface area contributed by atoms with Crippen molar-refractivity contribution in [2.45, 2.75) is 19.4 Å². The average Bonchev–Trinajstić information content (AvgIpc) is 2.70. The third-order valence-corrected chi connectivity index (χ3v) is 4.70. The molecule has 5 nitrogen and oxygen atoms in total. The second-order valence-electron chi connectivity index (χ2n) is 6.50. The van der Waals surface area contributed by atoms with Crippen molar-refractivity contribution in [1.29, 1.82) is 0 Å². The van der Waals surface area contributed by atoms with E-state index in [2.05, 4.69) is 5.10 Å². The molecule has 0 fully saturated rings. The number of rotatable bonds is 3. The molecule has 0 spiro atoms. The summed E-state index contributed by atoms with van der Waals surface area (Å²) >= 11 is 0. The Bertz CT molecular complexity index is 1040. The third-order valence-electron chi connectivity index (χ3n) is 4.70. The van der Waals surface area contributed by atoms with Crippen LogP contribution in [0.25, 0.3) is 11.3 Å². The zero-order valence-corrected chi connectivity index (χ0v) is 14.6. The van der Waals surface area contributed by atoms with Crippen LogP contribution in [0.5, 0.6) is 0 Å². The monoisotopic (exact) mass is 363 g/mol. The van der Waals surface area contributed by atoms with Gasteiger partial charge in [0.15, 0.2) is 0 Å². The summed E-state index contributed by atoms with van der Waals surface area (Å²) in [5, 5.41) is 4.30. The Labute approximate surface area is 155 Å². The van der Waals surface area contributed by atoms with E-state index in [4.69, 9.17) is 0 Å². The number of aryl methyl sites for hydroxylation is 1. The van der Waals surface area contributed by atoms with Gasteiger partial charge in [-0.05, 0) is 54.8 Å². The van der Waals surface area contributed by atoms with Crippen LogP contribution in [-0.4, -0.2) is 22.2 Å². The van der Waals surface area contributed by atoms with Crippen LogP contribution in [0.2, 0.25) is 0 Å². The van der Waals surface area contributed by atoms with Crippen LogP contribution in [0.1, 0.15) is 12.0 Å². The summed E-state index contributed by atoms with van der Waals surface area (Å²) in [5.74, 6) is -0.515. The van der Waals surface area contributed by atoms with Crippen LogP contribution in [0.4, 0.5) is 10.1 Å². The van der Waals surface area contributed by atoms with Gasteiger partial charge in [-0.3, -0.25) is 9.59 Å². The second-order valence-corrected chi connectivity index (χ2v) is 6.50. The van der Waals surface area contributed by atoms with Crippen LogP contribution in [0.3, 0.4) is 0 Å². The zero-order valence-electron chi connectivity index (χ0n) is 14.6. The predicted molar refractivity (Wildman–Crippen MR) is 101 cm³/mol. The Hall–Kier alpha value is -3.28. The highest BCUT2D eigenvalue weighted by atomic mass is 19.1. The van der Waals surface area contributed by atoms with E-state index in [0.29, 0.717) is 17.8 Å². The molecule has 2 aromatic carbocycles. The maximum Gasteiger partial charge on any atom is 0.267 e. The first-order valence-corrected chi connectivity index (χ1v) is 8.84. The van der Waals surface area contributed by atoms with Crippen LogP contribution in [-0.2, 0) is 17.8 Å². The fourth-order valence-electron chi connectivity index (χ4n) is 3.34. The van der Waals surface area contributed by atoms with E-state index in [-0.39, 0.29) is 23.8 Å². The van der Waals surface area contributed by atoms with E-state index in [0.717, 1.165) is 28.8 Å². The quantitative estimate of drug-likeness (QED) is 0.719. The molecule has 4 rings (SSSR count). The summed E-state index contributed by atoms with van der Waals surface area (Å²) in [6, 6.07) is 16.6. The normalized spacial score (nSPS) is 13.3. The number of fused-ring (bicyclic) bond motifs is 1. The second kappa shape index (κ2) is 7.15. The number of carbonyl (C=O) groups is 1. The number of anilines is 1. The molecule has 1 amide bonds. The largest absolute Gasteiger partial charge is 0.311 e. The molecular weight excluding hydrogens is 345 g/mol. The first-order valence-electron chi connectivity index (χ1n) is 8.84. The van der Waals surface area contributed by atoms with Gasteiger partial charge in [0.1, 0.15) is 12.4 Å². The topological polar surface area (TPSA) is 55.2 Å². The number of nitrogens with zero attached hydrogens (tertiary/aromatic N) is 3. The van der Waals surface area contributed by atoms with Gasteiger partial charge in [-0.15, -0.1) is 0 Å². The summed E-state index contributed by atoms with van der Waals surface area (Å²) in [7, 11) is 0. The Morgan fingerprint density at radius 1 is 1.04 bits per heavy atom. The fraction of sp³-hybridized carbons (Fsp3) is 0.190. The van der Waals surface area contributed by atoms with Crippen molar-refractivity contribution in [1.82, 2.24) is 9.78 Å². The molecular formula is C21H18FN3O2. The molecule has 2 heterocycles. The highest BCUT2D eigenvalue weighted by Crippen LogP contribution is 2.26. The lowest BCUT2D eigenvalue weighted by atomic mass is 10.0. The molecule has 1 aliphatic rings. The van der Waals surface area contributed by atoms with Crippen LogP contribution in [0.15, 0.2) is 65.5 Å². The van der Waals surface area contributed by atoms with Gasteiger partial charge in [-0.25, -0.2) is 9.07 Å². The number of hydrogen-bond donors (Lipinski definition) is 0. The zero-order chi connectivity index (χ0) is 18.8. The fourth-order valence-corrected chi connectivity index (χ4v) is 3.34. The first kappa shape index (κ1) is 17.1. The summed E-state index contributed by atoms with van der Waals surface area (Å²) in [5.41, 5.74) is 2.89. The lowest BCUT2D eigenvalue weighted by Gasteiger charge is -2.29. The van der Waals surface area contributed by atoms with Crippen molar-refractivity contribution in [3.05, 3.63) is 82.4 Å². The molecule has 0 saturated heterocycles. The molecule has 0 unspecified atom stereocenters. The Balaban J connectivity index is 1.61. The number of para-hydroxylation sites is 1. The molecule has 0 atom stereocenters. The molecule has 1 aliphatic heterocycles. The maximum absolute atomic E-state index is 13.1. The Morgan fingerprint density at radius 2 is 1.81 bits per heavy atom. The van der Waals surface area contributed by atoms with Gasteiger partial charge in [0, 0.05) is 23.9 Å². The summed E-state index contributed by atoms with van der Waals surface area (Å²) in [6.45, 7) is 0.491. The molecule has 6 heteroatoms. The molecule has 136 valence electrons. The van der Waals surface area contributed by atoms with Gasteiger partial charge in [0.2, 0.25) is 5.91 Å². The predicted octanol–water partition coefficient (Wildman–Crippen LogP) is 3.03. The van der Waals surface area contributed by atoms with E-state index in [1.54, 1.807) is 23.1 Å². The highest BCUT2D eigenvalue weighted by molar-refractivity contribution is 5.94. The first-order chi connectivity index (χ1) is 13.1. The number of carbonyl (C=O) groups excluding carboxylic acids is 1. The SMILES string of the molecule is O=C(Cn1nc(-c2ccc(F)cc2)ccc1=O)N1CCCc2ccccc21. The van der Waals surface area contributed by atoms with Crippen molar-refractivity contribution in [3.8, 4) is 11.3 Å². The van der Waals surface area contributed by atoms with Gasteiger partial charge < -0.3 is 4.90 Å². The van der Waals surface area contributed by atoms with Gasteiger partial charge in [0.25, 0.3) is 5.56 Å². The van der Waals surface area contributed by atoms with Gasteiger partial charge in [0.05, 0.1) is 5.69 Å². The number of aromatic nitrogens is 2. The summed E-state index contributed by atoms with van der Waals surface area (Å²) < 4.78 is 14.3. The van der Waals surface area contributed by atoms with E-state index in [9.17, 15) is 14.0 Å². The summed E-state index contributed by atoms with van der Waals surface area (Å²) in [6.07, 6.45) is 1.83. The van der Waals surface area contributed by atoms with E-state index < -0.39 is 0 Å². The van der Waals surface area contributed by atoms with Crippen molar-refractivity contribution in [3.63, 3.8) is 0 Å². The Morgan fingerprint density at radius 3 is 2.63 bits per heavy atom. The molecule has 0 radical (unpaired) electrons. The lowest BCUT2D eigenvalue weighted by Crippen LogP contribution is -2.40. The minimum Gasteiger partial charge on any atom is -0.311 e. The molecule has 1 aromatic heterocycles. The van der Waals surface area contributed by atoms with Gasteiger partial charge in [-0.1, -0.05) is 18.2 Å². The van der Waals surface area contributed by atoms with Crippen molar-refractivity contribution in [2.75, 3.05) is 11.4 Å². The highest BCUT2D eigenvalue weighted by Gasteiger charge is 2.22. The molecule has 0 N–H and O–H groups in total. The molecule has 0 bridgehead atoms. The minimum absolute atomic E-state index is 0.137. The number of amides is 1. The van der Waals surface area contributed by atoms with E-state index in [1.807, 2.05) is 24.3 Å². The average molecular weight is 363 g/mol. The van der Waals surface area contributed by atoms with Gasteiger partial charge in [-0.2, -0.15) is 5.10 Å². The Kier molecular flexibility index (Phi) is 4.54. The van der Waals surface area contributed by atoms with Crippen molar-refractivity contribution in [2.24, 2.45) is 0 Å². The van der Waals surface area contributed by atoms with Crippen LogP contribution < -0.4 is 10.5 Å². The lowest BCUT2D eigenvalue weighted by molar-refractivity contribution is -0.119. The summed E-state index contributed by atoms with van der Waals surface area (Å²) in [4.78, 5) is 26.8. The number of hydrogen-bond acceptors (Lipinski definition) is 3. The number of halogens is 1. The maximum atomic E-state index is 13.1. The standard InChI is InChI=1S/C21H18FN3O2/c22-17-9-7-15(8-10-17)18-11-12-20(26)25(23-18)14-21(27)24-13-3-5-16-4-1-2-6-19(16)24/h1-2,4,6-12H,3,5,13-14H2. The van der Waals surface area contributed by atoms with Crippen LogP contribution in [0, 0.1) is 5.82 Å². The van der Waals surface area contributed by atoms with E-state index in [1.165, 1.54) is 18.2 Å². The molecule has 3 aromatic rings. The molecule has 0 saturated carbocycles. The van der Waals surface area contributed by atoms with E-state index >= 15 is 0 Å². The molecule has 27 heavy (non-hydrogen) atoms. The smallest absolute Gasteiger partial charge is 0.267 e. The third kappa shape index (κ3) is 3.51. The molecule has 0 aliphatic carbocycles. The van der Waals surface area contributed by atoms with Crippen LogP contribution >= 0.6 is 0 Å².